The molecule has 0 saturated heterocycles. The minimum Gasteiger partial charge on any atom is -0.496 e. The van der Waals surface area contributed by atoms with Crippen molar-refractivity contribution in [3.05, 3.63) is 76.4 Å². The van der Waals surface area contributed by atoms with Gasteiger partial charge in [-0.05, 0) is 37.3 Å². The Kier molecular flexibility index (Phi) is 5.88. The fourth-order valence-electron chi connectivity index (χ4n) is 2.89. The van der Waals surface area contributed by atoms with Gasteiger partial charge in [0.1, 0.15) is 39.9 Å². The Morgan fingerprint density at radius 2 is 1.87 bits per heavy atom. The van der Waals surface area contributed by atoms with Crippen molar-refractivity contribution in [2.45, 2.75) is 13.5 Å². The quantitative estimate of drug-likeness (QED) is 0.387. The summed E-state index contributed by atoms with van der Waals surface area (Å²) in [7, 11) is 1.59. The van der Waals surface area contributed by atoms with E-state index in [1.54, 1.807) is 25.6 Å². The molecule has 0 aliphatic carbocycles. The van der Waals surface area contributed by atoms with Gasteiger partial charge in [0.15, 0.2) is 0 Å². The molecule has 0 aliphatic rings. The standard InChI is InChI=1S/C22H18Cl2N4O2/c1-13-3-4-14(10-25-13)12-30-16-6-7-17(18(9-16)29-2)20-21(24)28-22(27-20)15-5-8-19(23)26-11-15/h3-11H,12H2,1-2H3,(H,27,28). The minimum absolute atomic E-state index is 0.401. The summed E-state index contributed by atoms with van der Waals surface area (Å²) in [5, 5.41) is 0.813. The molecule has 0 radical (unpaired) electrons. The second-order valence-corrected chi connectivity index (χ2v) is 7.34. The van der Waals surface area contributed by atoms with Crippen LogP contribution in [0.3, 0.4) is 0 Å². The third kappa shape index (κ3) is 4.40. The number of aryl methyl sites for hydroxylation is 1. The maximum atomic E-state index is 6.43. The lowest BCUT2D eigenvalue weighted by molar-refractivity contribution is 0.303. The van der Waals surface area contributed by atoms with Crippen molar-refractivity contribution in [2.75, 3.05) is 7.11 Å². The van der Waals surface area contributed by atoms with Crippen molar-refractivity contribution in [3.8, 4) is 34.1 Å². The number of nitrogens with one attached hydrogen (secondary N) is 1. The van der Waals surface area contributed by atoms with Crippen LogP contribution in [0.25, 0.3) is 22.6 Å². The van der Waals surface area contributed by atoms with Crippen molar-refractivity contribution in [1.82, 2.24) is 19.9 Å². The molecule has 0 saturated carbocycles. The van der Waals surface area contributed by atoms with Crippen molar-refractivity contribution >= 4 is 23.2 Å². The molecule has 1 N–H and O–H groups in total. The molecule has 8 heteroatoms. The van der Waals surface area contributed by atoms with E-state index in [0.717, 1.165) is 22.4 Å². The predicted octanol–water partition coefficient (Wildman–Crippen LogP) is 5.74. The second-order valence-electron chi connectivity index (χ2n) is 6.58. The highest BCUT2D eigenvalue weighted by Gasteiger charge is 2.17. The summed E-state index contributed by atoms with van der Waals surface area (Å²) in [6.07, 6.45) is 3.44. The van der Waals surface area contributed by atoms with Gasteiger partial charge in [0, 0.05) is 40.8 Å². The lowest BCUT2D eigenvalue weighted by Crippen LogP contribution is -1.97. The molecular weight excluding hydrogens is 423 g/mol. The van der Waals surface area contributed by atoms with E-state index in [1.807, 2.05) is 43.3 Å². The minimum atomic E-state index is 0.401. The Labute approximate surface area is 183 Å². The lowest BCUT2D eigenvalue weighted by Gasteiger charge is -2.11. The third-order valence-corrected chi connectivity index (χ3v) is 4.96. The summed E-state index contributed by atoms with van der Waals surface area (Å²) in [6.45, 7) is 2.36. The first kappa shape index (κ1) is 20.2. The van der Waals surface area contributed by atoms with Gasteiger partial charge in [-0.15, -0.1) is 0 Å². The fourth-order valence-corrected chi connectivity index (χ4v) is 3.24. The molecule has 0 aliphatic heterocycles. The summed E-state index contributed by atoms with van der Waals surface area (Å²) in [5.74, 6) is 1.86. The van der Waals surface area contributed by atoms with Crippen LogP contribution in [0.15, 0.2) is 54.9 Å². The highest BCUT2D eigenvalue weighted by molar-refractivity contribution is 6.32. The maximum absolute atomic E-state index is 6.43. The van der Waals surface area contributed by atoms with Crippen molar-refractivity contribution in [3.63, 3.8) is 0 Å². The van der Waals surface area contributed by atoms with E-state index in [-0.39, 0.29) is 0 Å². The summed E-state index contributed by atoms with van der Waals surface area (Å²) in [5.41, 5.74) is 4.05. The van der Waals surface area contributed by atoms with Crippen molar-refractivity contribution < 1.29 is 9.47 Å². The van der Waals surface area contributed by atoms with Gasteiger partial charge < -0.3 is 14.5 Å². The Morgan fingerprint density at radius 1 is 1.00 bits per heavy atom. The number of aromatic amines is 1. The summed E-state index contributed by atoms with van der Waals surface area (Å²) in [4.78, 5) is 16.1. The number of nitrogens with zero attached hydrogens (tertiary/aromatic N) is 3. The zero-order chi connectivity index (χ0) is 21.1. The monoisotopic (exact) mass is 440 g/mol. The number of pyridine rings is 2. The first-order chi connectivity index (χ1) is 14.5. The Bertz CT molecular complexity index is 1160. The number of benzene rings is 1. The van der Waals surface area contributed by atoms with Crippen LogP contribution in [0.4, 0.5) is 0 Å². The lowest BCUT2D eigenvalue weighted by atomic mass is 10.1. The highest BCUT2D eigenvalue weighted by Crippen LogP contribution is 2.37. The third-order valence-electron chi connectivity index (χ3n) is 4.47. The van der Waals surface area contributed by atoms with Crippen molar-refractivity contribution in [1.29, 1.82) is 0 Å². The van der Waals surface area contributed by atoms with Crippen molar-refractivity contribution in [2.24, 2.45) is 0 Å². The van der Waals surface area contributed by atoms with Crippen LogP contribution in [-0.4, -0.2) is 27.0 Å². The molecule has 0 bridgehead atoms. The first-order valence-electron chi connectivity index (χ1n) is 9.13. The average molecular weight is 441 g/mol. The normalized spacial score (nSPS) is 10.8. The van der Waals surface area contributed by atoms with Crippen LogP contribution in [-0.2, 0) is 6.61 Å². The summed E-state index contributed by atoms with van der Waals surface area (Å²) < 4.78 is 11.4. The van der Waals surface area contributed by atoms with E-state index in [0.29, 0.717) is 39.9 Å². The molecule has 4 rings (SSSR count). The number of aromatic nitrogens is 4. The number of hydrogen-bond acceptors (Lipinski definition) is 5. The van der Waals surface area contributed by atoms with Gasteiger partial charge in [-0.1, -0.05) is 29.3 Å². The number of ether oxygens (including phenoxy) is 2. The summed E-state index contributed by atoms with van der Waals surface area (Å²) in [6, 6.07) is 13.0. The van der Waals surface area contributed by atoms with E-state index < -0.39 is 0 Å². The van der Waals surface area contributed by atoms with Crippen LogP contribution < -0.4 is 9.47 Å². The number of hydrogen-bond donors (Lipinski definition) is 1. The molecule has 152 valence electrons. The second kappa shape index (κ2) is 8.73. The molecular formula is C22H18Cl2N4O2. The van der Waals surface area contributed by atoms with Crippen LogP contribution in [0.1, 0.15) is 11.3 Å². The van der Waals surface area contributed by atoms with E-state index in [1.165, 1.54) is 0 Å². The molecule has 30 heavy (non-hydrogen) atoms. The van der Waals surface area contributed by atoms with E-state index in [9.17, 15) is 0 Å². The molecule has 0 unspecified atom stereocenters. The van der Waals surface area contributed by atoms with Crippen LogP contribution in [0.2, 0.25) is 10.3 Å². The number of rotatable bonds is 6. The Balaban J connectivity index is 1.58. The number of H-pyrrole nitrogens is 1. The molecule has 0 fully saturated rings. The van der Waals surface area contributed by atoms with Crippen LogP contribution in [0, 0.1) is 6.92 Å². The van der Waals surface area contributed by atoms with Gasteiger partial charge in [0.05, 0.1) is 7.11 Å². The predicted molar refractivity (Wildman–Crippen MR) is 117 cm³/mol. The largest absolute Gasteiger partial charge is 0.496 e. The Morgan fingerprint density at radius 3 is 2.57 bits per heavy atom. The van der Waals surface area contributed by atoms with Gasteiger partial charge in [0.25, 0.3) is 0 Å². The molecule has 0 atom stereocenters. The highest BCUT2D eigenvalue weighted by atomic mass is 35.5. The first-order valence-corrected chi connectivity index (χ1v) is 9.89. The fraction of sp³-hybridized carbons (Fsp3) is 0.136. The van der Waals surface area contributed by atoms with Gasteiger partial charge in [-0.2, -0.15) is 0 Å². The molecule has 3 heterocycles. The Hall–Kier alpha value is -3.09. The average Bonchev–Trinajstić information content (AvgIpc) is 3.15. The van der Waals surface area contributed by atoms with Gasteiger partial charge in [-0.25, -0.2) is 9.97 Å². The summed E-state index contributed by atoms with van der Waals surface area (Å²) >= 11 is 12.3. The molecule has 6 nitrogen and oxygen atoms in total. The van der Waals surface area contributed by atoms with E-state index >= 15 is 0 Å². The molecule has 1 aromatic carbocycles. The van der Waals surface area contributed by atoms with E-state index in [4.69, 9.17) is 32.7 Å². The molecule has 0 spiro atoms. The maximum Gasteiger partial charge on any atom is 0.140 e. The molecule has 3 aromatic heterocycles. The number of halogens is 2. The zero-order valence-electron chi connectivity index (χ0n) is 16.3. The molecule has 0 amide bonds. The number of imidazole rings is 1. The number of methoxy groups -OCH3 is 1. The van der Waals surface area contributed by atoms with Gasteiger partial charge in [-0.3, -0.25) is 4.98 Å². The van der Waals surface area contributed by atoms with Crippen LogP contribution in [0.5, 0.6) is 11.5 Å². The SMILES string of the molecule is COc1cc(OCc2ccc(C)nc2)ccc1-c1nc(-c2ccc(Cl)nc2)[nH]c1Cl. The smallest absolute Gasteiger partial charge is 0.140 e. The topological polar surface area (TPSA) is 72.9 Å². The van der Waals surface area contributed by atoms with E-state index in [2.05, 4.69) is 19.9 Å². The van der Waals surface area contributed by atoms with Gasteiger partial charge >= 0.3 is 0 Å². The molecule has 4 aromatic rings. The van der Waals surface area contributed by atoms with Gasteiger partial charge in [0.2, 0.25) is 0 Å². The van der Waals surface area contributed by atoms with Crippen LogP contribution >= 0.6 is 23.2 Å². The zero-order valence-corrected chi connectivity index (χ0v) is 17.8.